The van der Waals surface area contributed by atoms with Crippen LogP contribution in [0.5, 0.6) is 0 Å². The SMILES string of the molecule is C=C1CC(O)C2C(OC(=N)C2(O)CO)C2C(C)C(=N)CC12. The van der Waals surface area contributed by atoms with E-state index >= 15 is 0 Å². The number of ether oxygens (including phenoxy) is 1. The summed E-state index contributed by atoms with van der Waals surface area (Å²) in [4.78, 5) is 0. The van der Waals surface area contributed by atoms with Crippen molar-refractivity contribution >= 4 is 11.6 Å². The lowest BCUT2D eigenvalue weighted by molar-refractivity contribution is -0.0670. The Hall–Kier alpha value is -1.24. The second kappa shape index (κ2) is 4.63. The Labute approximate surface area is 123 Å². The quantitative estimate of drug-likeness (QED) is 0.447. The first kappa shape index (κ1) is 14.7. The Balaban J connectivity index is 2.07. The summed E-state index contributed by atoms with van der Waals surface area (Å²) >= 11 is 0. The van der Waals surface area contributed by atoms with Gasteiger partial charge in [-0.25, -0.2) is 0 Å². The molecule has 116 valence electrons. The number of aliphatic hydroxyl groups is 3. The molecule has 1 aliphatic heterocycles. The number of fused-ring (bicyclic) bond motifs is 3. The highest BCUT2D eigenvalue weighted by molar-refractivity contribution is 5.88. The van der Waals surface area contributed by atoms with E-state index in [0.717, 1.165) is 5.57 Å². The maximum Gasteiger partial charge on any atom is 0.216 e. The number of aliphatic hydroxyl groups excluding tert-OH is 2. The summed E-state index contributed by atoms with van der Waals surface area (Å²) in [6, 6.07) is 0. The molecule has 2 aliphatic carbocycles. The molecule has 0 aromatic heterocycles. The molecule has 0 spiro atoms. The highest BCUT2D eigenvalue weighted by Crippen LogP contribution is 2.52. The minimum Gasteiger partial charge on any atom is -0.475 e. The second-order valence-corrected chi connectivity index (χ2v) is 6.65. The van der Waals surface area contributed by atoms with E-state index in [9.17, 15) is 15.3 Å². The Kier molecular flexibility index (Phi) is 3.24. The molecule has 2 saturated carbocycles. The standard InChI is InChI=1S/C15H22N2O4/c1-6-3-10(19)12-13(21-14(17)15(12,20)5-18)11-7(2)9(16)4-8(6)11/h7-8,10-13,16-20H,1,3-5H2,2H3. The van der Waals surface area contributed by atoms with Gasteiger partial charge in [0.1, 0.15) is 6.10 Å². The van der Waals surface area contributed by atoms with Gasteiger partial charge >= 0.3 is 0 Å². The first-order chi connectivity index (χ1) is 9.81. The molecule has 7 atom stereocenters. The second-order valence-electron chi connectivity index (χ2n) is 6.65. The van der Waals surface area contributed by atoms with E-state index in [4.69, 9.17) is 15.6 Å². The fourth-order valence-electron chi connectivity index (χ4n) is 4.38. The molecule has 1 heterocycles. The number of hydrogen-bond donors (Lipinski definition) is 5. The third-order valence-electron chi connectivity index (χ3n) is 5.61. The highest BCUT2D eigenvalue weighted by atomic mass is 16.5. The van der Waals surface area contributed by atoms with Crippen molar-refractivity contribution in [1.29, 1.82) is 10.8 Å². The Morgan fingerprint density at radius 1 is 1.38 bits per heavy atom. The lowest BCUT2D eigenvalue weighted by Crippen LogP contribution is -2.51. The van der Waals surface area contributed by atoms with Crippen LogP contribution in [0.25, 0.3) is 0 Å². The highest BCUT2D eigenvalue weighted by Gasteiger charge is 2.63. The van der Waals surface area contributed by atoms with Crippen molar-refractivity contribution in [3.05, 3.63) is 12.2 Å². The smallest absolute Gasteiger partial charge is 0.216 e. The van der Waals surface area contributed by atoms with E-state index in [-0.39, 0.29) is 23.7 Å². The monoisotopic (exact) mass is 294 g/mol. The fraction of sp³-hybridized carbons (Fsp3) is 0.733. The molecule has 0 amide bonds. The zero-order valence-corrected chi connectivity index (χ0v) is 12.0. The third kappa shape index (κ3) is 1.82. The summed E-state index contributed by atoms with van der Waals surface area (Å²) in [5.41, 5.74) is -0.355. The van der Waals surface area contributed by atoms with E-state index in [2.05, 4.69) is 6.58 Å². The van der Waals surface area contributed by atoms with Crippen molar-refractivity contribution in [3.8, 4) is 0 Å². The van der Waals surface area contributed by atoms with Gasteiger partial charge in [-0.15, -0.1) is 0 Å². The molecule has 1 saturated heterocycles. The normalized spacial score (nSPS) is 49.6. The molecule has 21 heavy (non-hydrogen) atoms. The van der Waals surface area contributed by atoms with Crippen molar-refractivity contribution in [2.75, 3.05) is 6.61 Å². The van der Waals surface area contributed by atoms with Gasteiger partial charge in [0.15, 0.2) is 5.60 Å². The molecule has 5 N–H and O–H groups in total. The Bertz CT molecular complexity index is 520. The summed E-state index contributed by atoms with van der Waals surface area (Å²) in [6.07, 6.45) is -0.572. The molecule has 7 unspecified atom stereocenters. The van der Waals surface area contributed by atoms with Crippen molar-refractivity contribution < 1.29 is 20.1 Å². The molecule has 3 rings (SSSR count). The van der Waals surface area contributed by atoms with Crippen LogP contribution in [0.4, 0.5) is 0 Å². The Morgan fingerprint density at radius 2 is 2.05 bits per heavy atom. The predicted molar refractivity (Wildman–Crippen MR) is 76.4 cm³/mol. The van der Waals surface area contributed by atoms with Gasteiger partial charge in [0.2, 0.25) is 5.90 Å². The molecule has 3 fully saturated rings. The molecule has 0 aromatic rings. The maximum absolute atomic E-state index is 10.6. The van der Waals surface area contributed by atoms with Crippen LogP contribution in [0.3, 0.4) is 0 Å². The largest absolute Gasteiger partial charge is 0.475 e. The molecular formula is C15H22N2O4. The first-order valence-corrected chi connectivity index (χ1v) is 7.33. The third-order valence-corrected chi connectivity index (χ3v) is 5.61. The maximum atomic E-state index is 10.6. The van der Waals surface area contributed by atoms with E-state index in [1.807, 2.05) is 6.92 Å². The summed E-state index contributed by atoms with van der Waals surface area (Å²) in [6.45, 7) is 5.34. The van der Waals surface area contributed by atoms with E-state index in [1.54, 1.807) is 0 Å². The summed E-state index contributed by atoms with van der Waals surface area (Å²) < 4.78 is 5.58. The van der Waals surface area contributed by atoms with Gasteiger partial charge in [0, 0.05) is 17.5 Å². The Morgan fingerprint density at radius 3 is 2.67 bits per heavy atom. The minimum atomic E-state index is -1.84. The van der Waals surface area contributed by atoms with E-state index in [0.29, 0.717) is 18.6 Å². The summed E-state index contributed by atoms with van der Waals surface area (Å²) in [5, 5.41) is 46.5. The van der Waals surface area contributed by atoms with Crippen LogP contribution in [0.15, 0.2) is 12.2 Å². The number of nitrogens with one attached hydrogen (secondary N) is 2. The van der Waals surface area contributed by atoms with Gasteiger partial charge in [0.05, 0.1) is 18.6 Å². The van der Waals surface area contributed by atoms with Gasteiger partial charge in [-0.3, -0.25) is 5.41 Å². The first-order valence-electron chi connectivity index (χ1n) is 7.33. The molecule has 0 bridgehead atoms. The lowest BCUT2D eigenvalue weighted by atomic mass is 9.75. The molecule has 0 aromatic carbocycles. The molecule has 3 aliphatic rings. The van der Waals surface area contributed by atoms with Crippen molar-refractivity contribution in [2.24, 2.45) is 23.7 Å². The van der Waals surface area contributed by atoms with Crippen LogP contribution in [0, 0.1) is 34.5 Å². The zero-order chi connectivity index (χ0) is 15.5. The number of rotatable bonds is 1. The molecular weight excluding hydrogens is 272 g/mol. The molecule has 6 nitrogen and oxygen atoms in total. The van der Waals surface area contributed by atoms with Crippen LogP contribution in [-0.2, 0) is 4.74 Å². The zero-order valence-electron chi connectivity index (χ0n) is 12.0. The minimum absolute atomic E-state index is 0.0333. The average molecular weight is 294 g/mol. The predicted octanol–water partition coefficient (Wildman–Crippen LogP) is 0.315. The van der Waals surface area contributed by atoms with Gasteiger partial charge in [0.25, 0.3) is 0 Å². The van der Waals surface area contributed by atoms with Gasteiger partial charge in [-0.1, -0.05) is 19.1 Å². The van der Waals surface area contributed by atoms with Crippen molar-refractivity contribution in [3.63, 3.8) is 0 Å². The summed E-state index contributed by atoms with van der Waals surface area (Å²) in [5.74, 6) is -1.23. The average Bonchev–Trinajstić information content (AvgIpc) is 2.82. The van der Waals surface area contributed by atoms with Crippen LogP contribution in [0.1, 0.15) is 19.8 Å². The van der Waals surface area contributed by atoms with Crippen LogP contribution in [-0.4, -0.2) is 51.3 Å². The van der Waals surface area contributed by atoms with Crippen LogP contribution < -0.4 is 0 Å². The topological polar surface area (TPSA) is 118 Å². The number of hydrogen-bond acceptors (Lipinski definition) is 6. The van der Waals surface area contributed by atoms with Gasteiger partial charge in [-0.2, -0.15) is 0 Å². The molecule has 0 radical (unpaired) electrons. The molecule has 6 heteroatoms. The van der Waals surface area contributed by atoms with Gasteiger partial charge < -0.3 is 25.5 Å². The van der Waals surface area contributed by atoms with Crippen molar-refractivity contribution in [2.45, 2.75) is 37.6 Å². The summed E-state index contributed by atoms with van der Waals surface area (Å²) in [7, 11) is 0. The van der Waals surface area contributed by atoms with Crippen molar-refractivity contribution in [1.82, 2.24) is 0 Å². The fourth-order valence-corrected chi connectivity index (χ4v) is 4.38. The van der Waals surface area contributed by atoms with Crippen LogP contribution in [0.2, 0.25) is 0 Å². The van der Waals surface area contributed by atoms with Crippen LogP contribution >= 0.6 is 0 Å². The van der Waals surface area contributed by atoms with E-state index < -0.39 is 30.3 Å². The van der Waals surface area contributed by atoms with Gasteiger partial charge in [-0.05, 0) is 18.8 Å². The lowest BCUT2D eigenvalue weighted by Gasteiger charge is -2.32. The van der Waals surface area contributed by atoms with E-state index in [1.165, 1.54) is 0 Å².